The summed E-state index contributed by atoms with van der Waals surface area (Å²) in [7, 11) is 2.77. The highest BCUT2D eigenvalue weighted by atomic mass is 31.2. The molecule has 8 atom stereocenters. The summed E-state index contributed by atoms with van der Waals surface area (Å²) in [6.45, 7) is 7.36. The average molecular weight is 1150 g/mol. The summed E-state index contributed by atoms with van der Waals surface area (Å²) in [5, 5.41) is 16.0. The first-order valence-corrected chi connectivity index (χ1v) is 29.1. The molecule has 0 bridgehead atoms. The molecule has 436 valence electrons. The van der Waals surface area contributed by atoms with Crippen molar-refractivity contribution in [1.82, 2.24) is 39.1 Å². The number of hydrogen-bond donors (Lipinski definition) is 3. The Morgan fingerprint density at radius 1 is 0.771 bits per heavy atom. The number of anilines is 1. The van der Waals surface area contributed by atoms with Crippen LogP contribution in [0.25, 0.3) is 11.2 Å². The molecule has 9 rings (SSSR count). The van der Waals surface area contributed by atoms with Crippen molar-refractivity contribution >= 4 is 36.1 Å². The van der Waals surface area contributed by atoms with Crippen molar-refractivity contribution in [2.24, 2.45) is 5.92 Å². The Kier molecular flexibility index (Phi) is 18.8. The predicted octanol–water partition coefficient (Wildman–Crippen LogP) is 7.28. The van der Waals surface area contributed by atoms with E-state index in [1.165, 1.54) is 43.7 Å². The number of fused-ring (bicyclic) bond motifs is 1. The van der Waals surface area contributed by atoms with Crippen LogP contribution in [0.15, 0.2) is 144 Å². The van der Waals surface area contributed by atoms with Crippen LogP contribution < -0.4 is 31.4 Å². The summed E-state index contributed by atoms with van der Waals surface area (Å²) in [5.74, 6) is -0.251. The van der Waals surface area contributed by atoms with Gasteiger partial charge in [-0.25, -0.2) is 24.4 Å². The minimum atomic E-state index is -3.38. The number of methoxy groups -OCH3 is 4. The lowest BCUT2D eigenvalue weighted by atomic mass is 9.79. The zero-order chi connectivity index (χ0) is 59.0. The van der Waals surface area contributed by atoms with Gasteiger partial charge in [-0.15, -0.1) is 0 Å². The third-order valence-corrected chi connectivity index (χ3v) is 19.8. The number of aromatic amines is 1. The van der Waals surface area contributed by atoms with Crippen LogP contribution in [0.1, 0.15) is 80.0 Å². The molecule has 2 saturated heterocycles. The van der Waals surface area contributed by atoms with E-state index in [2.05, 4.69) is 36.6 Å². The number of nitriles is 1. The molecule has 0 saturated carbocycles. The van der Waals surface area contributed by atoms with Crippen molar-refractivity contribution in [3.63, 3.8) is 0 Å². The van der Waals surface area contributed by atoms with Gasteiger partial charge < -0.3 is 48.4 Å². The van der Waals surface area contributed by atoms with Crippen LogP contribution in [0, 0.1) is 17.2 Å². The Bertz CT molecular complexity index is 3500. The predicted molar refractivity (Wildman–Crippen MR) is 308 cm³/mol. The SMILES string of the molecule is COc1ccc(C(OC[C@H]2O[C@@H](n3ccc(=O)[nH]c3=O)[C@H](OC)[C@@H]2CC(=O)NC[C@H]2O[C@@H](n3cnc4c(NC(=O)c5ccccc5)ncnc43)[C@H](OC)[C@@H]2N(CCC#N)P(=O)(C(C)C)C(C)C)(c2ccccc2)c2ccc(OC)cc2)cc1. The number of imidazole rings is 1. The minimum Gasteiger partial charge on any atom is -0.497 e. The Morgan fingerprint density at radius 2 is 1.36 bits per heavy atom. The van der Waals surface area contributed by atoms with Gasteiger partial charge in [-0.3, -0.25) is 28.5 Å². The molecule has 4 aromatic carbocycles. The first-order chi connectivity index (χ1) is 40.1. The van der Waals surface area contributed by atoms with Crippen LogP contribution in [0.4, 0.5) is 5.82 Å². The molecule has 2 aliphatic rings. The monoisotopic (exact) mass is 1150 g/mol. The largest absolute Gasteiger partial charge is 0.497 e. The Labute approximate surface area is 480 Å². The van der Waals surface area contributed by atoms with E-state index in [1.807, 2.05) is 111 Å². The molecule has 3 aromatic heterocycles. The fourth-order valence-electron chi connectivity index (χ4n) is 11.6. The van der Waals surface area contributed by atoms with Gasteiger partial charge >= 0.3 is 5.69 Å². The molecule has 23 heteroatoms. The third-order valence-electron chi connectivity index (χ3n) is 15.6. The first kappa shape index (κ1) is 59.7. The molecule has 0 spiro atoms. The molecule has 83 heavy (non-hydrogen) atoms. The molecule has 2 amide bonds. The Balaban J connectivity index is 1.07. The van der Waals surface area contributed by atoms with Gasteiger partial charge in [-0.2, -0.15) is 5.26 Å². The number of H-pyrrole nitrogens is 1. The number of rotatable bonds is 24. The lowest BCUT2D eigenvalue weighted by molar-refractivity contribution is -0.125. The Morgan fingerprint density at radius 3 is 1.94 bits per heavy atom. The molecule has 22 nitrogen and oxygen atoms in total. The van der Waals surface area contributed by atoms with Crippen molar-refractivity contribution in [1.29, 1.82) is 5.26 Å². The van der Waals surface area contributed by atoms with E-state index >= 15 is 4.57 Å². The van der Waals surface area contributed by atoms with Gasteiger partial charge in [0.15, 0.2) is 36.7 Å². The highest BCUT2D eigenvalue weighted by Crippen LogP contribution is 2.61. The number of nitrogens with one attached hydrogen (secondary N) is 3. The zero-order valence-corrected chi connectivity index (χ0v) is 48.4. The van der Waals surface area contributed by atoms with Crippen LogP contribution in [0.5, 0.6) is 11.5 Å². The second-order valence-electron chi connectivity index (χ2n) is 20.8. The maximum atomic E-state index is 15.7. The summed E-state index contributed by atoms with van der Waals surface area (Å²) in [4.78, 5) is 70.1. The maximum Gasteiger partial charge on any atom is 0.330 e. The molecular formula is C60H69N10O12P. The van der Waals surface area contributed by atoms with Gasteiger partial charge in [0.05, 0.1) is 51.5 Å². The second-order valence-corrected chi connectivity index (χ2v) is 24.7. The van der Waals surface area contributed by atoms with Crippen molar-refractivity contribution in [2.45, 2.75) is 100 Å². The topological polar surface area (TPSA) is 265 Å². The first-order valence-electron chi connectivity index (χ1n) is 27.3. The summed E-state index contributed by atoms with van der Waals surface area (Å²) in [6, 6.07) is 36.0. The van der Waals surface area contributed by atoms with Gasteiger partial charge in [0.2, 0.25) is 5.91 Å². The van der Waals surface area contributed by atoms with Crippen molar-refractivity contribution in [3.05, 3.63) is 177 Å². The Hall–Kier alpha value is -7.87. The van der Waals surface area contributed by atoms with Crippen LogP contribution in [-0.2, 0) is 38.6 Å². The quantitative estimate of drug-likeness (QED) is 0.0396. The number of benzene rings is 4. The number of aromatic nitrogens is 6. The smallest absolute Gasteiger partial charge is 0.330 e. The molecule has 0 radical (unpaired) electrons. The molecule has 7 aromatic rings. The van der Waals surface area contributed by atoms with Gasteiger partial charge in [0.25, 0.3) is 11.5 Å². The van der Waals surface area contributed by atoms with Crippen LogP contribution in [0.3, 0.4) is 0 Å². The zero-order valence-electron chi connectivity index (χ0n) is 47.5. The van der Waals surface area contributed by atoms with E-state index in [1.54, 1.807) is 49.1 Å². The summed E-state index contributed by atoms with van der Waals surface area (Å²) in [5.41, 5.74) is -0.162. The van der Waals surface area contributed by atoms with Crippen molar-refractivity contribution in [2.75, 3.05) is 53.5 Å². The molecule has 2 aliphatic heterocycles. The van der Waals surface area contributed by atoms with Crippen LogP contribution >= 0.6 is 7.29 Å². The standard InChI is InChI=1S/C60H69N10O12P/c1-37(2)83(75,38(3)4)70(30-15-29-61)51-46(81-58(53(51)79-8)69-36-65-50-54(63-35-64-55(50)69)67-56(73)39-16-11-9-12-17-39)33-62-49(72)32-45-47(82-57(52(45)78-7)68-31-28-48(71)66-59(68)74)34-80-60(40-18-13-10-14-19-40,41-20-24-43(76-5)25-21-41)42-22-26-44(77-6)27-23-42/h9-14,16-28,31,35-38,45-47,51-53,57-58H,15,30,32-34H2,1-8H3,(H,62,72)(H,66,71,74)(H,63,64,67,73)/t45-,46-,47-,51-,52-,53-,57-,58-/m1/s1. The lowest BCUT2D eigenvalue weighted by Gasteiger charge is -2.43. The summed E-state index contributed by atoms with van der Waals surface area (Å²) >= 11 is 0. The van der Waals surface area contributed by atoms with Crippen LogP contribution in [-0.4, -0.2) is 135 Å². The fourth-order valence-corrected chi connectivity index (χ4v) is 15.1. The van der Waals surface area contributed by atoms with Gasteiger partial charge in [-0.1, -0.05) is 100 Å². The van der Waals surface area contributed by atoms with Crippen LogP contribution in [0.2, 0.25) is 0 Å². The number of nitrogens with zero attached hydrogens (tertiary/aromatic N) is 7. The molecule has 0 unspecified atom stereocenters. The minimum absolute atomic E-state index is 0.0252. The number of amides is 2. The summed E-state index contributed by atoms with van der Waals surface area (Å²) in [6.07, 6.45) is -1.92. The van der Waals surface area contributed by atoms with E-state index in [9.17, 15) is 24.4 Å². The number of carbonyl (C=O) groups is 2. The van der Waals surface area contributed by atoms with Gasteiger partial charge in [0, 0.05) is 75.2 Å². The normalized spacial score (nSPS) is 20.9. The van der Waals surface area contributed by atoms with E-state index in [4.69, 9.17) is 33.2 Å². The molecule has 5 heterocycles. The van der Waals surface area contributed by atoms with Crippen molar-refractivity contribution < 1.29 is 47.3 Å². The van der Waals surface area contributed by atoms with Gasteiger partial charge in [-0.05, 0) is 53.1 Å². The molecule has 0 aliphatic carbocycles. The van der Waals surface area contributed by atoms with E-state index in [0.29, 0.717) is 22.7 Å². The number of carbonyl (C=O) groups excluding carboxylic acids is 2. The molecule has 2 fully saturated rings. The fraction of sp³-hybridized carbons (Fsp3) is 0.400. The highest BCUT2D eigenvalue weighted by molar-refractivity contribution is 7.62. The van der Waals surface area contributed by atoms with E-state index < -0.39 is 84.8 Å². The third kappa shape index (κ3) is 12.0. The maximum absolute atomic E-state index is 15.7. The number of hydrogen-bond acceptors (Lipinski definition) is 16. The van der Waals surface area contributed by atoms with E-state index in [0.717, 1.165) is 16.7 Å². The second kappa shape index (κ2) is 26.1. The highest BCUT2D eigenvalue weighted by Gasteiger charge is 2.55. The molecular weight excluding hydrogens is 1080 g/mol. The summed E-state index contributed by atoms with van der Waals surface area (Å²) < 4.78 is 65.2. The van der Waals surface area contributed by atoms with Crippen molar-refractivity contribution in [3.8, 4) is 17.6 Å². The molecule has 3 N–H and O–H groups in total. The van der Waals surface area contributed by atoms with E-state index in [-0.39, 0.29) is 55.2 Å². The number of ether oxygens (including phenoxy) is 7. The lowest BCUT2D eigenvalue weighted by Crippen LogP contribution is -2.52. The van der Waals surface area contributed by atoms with Gasteiger partial charge in [0.1, 0.15) is 35.6 Å². The average Bonchev–Trinajstić information content (AvgIpc) is 3.78.